The monoisotopic (exact) mass is 290 g/mol. The smallest absolute Gasteiger partial charge is 0.120 e. The molecule has 0 radical (unpaired) electrons. The highest BCUT2D eigenvalue weighted by atomic mass is 35.5. The first kappa shape index (κ1) is 14.7. The van der Waals surface area contributed by atoms with Gasteiger partial charge in [-0.3, -0.25) is 0 Å². The van der Waals surface area contributed by atoms with Gasteiger partial charge < -0.3 is 15.4 Å². The Kier molecular flexibility index (Phi) is 4.53. The second-order valence-corrected chi connectivity index (χ2v) is 5.17. The molecule has 2 N–H and O–H groups in total. The van der Waals surface area contributed by atoms with Crippen molar-refractivity contribution in [2.24, 2.45) is 5.73 Å². The average molecular weight is 291 g/mol. The van der Waals surface area contributed by atoms with Crippen LogP contribution in [0.25, 0.3) is 0 Å². The van der Waals surface area contributed by atoms with Crippen LogP contribution in [0.2, 0.25) is 5.02 Å². The Balaban J connectivity index is 2.35. The third-order valence-electron chi connectivity index (χ3n) is 3.30. The molecular formula is C16H19ClN2O. The van der Waals surface area contributed by atoms with Gasteiger partial charge in [0.05, 0.1) is 17.8 Å². The first-order valence-electron chi connectivity index (χ1n) is 6.45. The molecule has 2 aromatic carbocycles. The number of halogens is 1. The van der Waals surface area contributed by atoms with Crippen molar-refractivity contribution < 1.29 is 4.74 Å². The van der Waals surface area contributed by atoms with Crippen molar-refractivity contribution in [1.29, 1.82) is 0 Å². The van der Waals surface area contributed by atoms with E-state index < -0.39 is 0 Å². The first-order valence-corrected chi connectivity index (χ1v) is 6.83. The zero-order valence-electron chi connectivity index (χ0n) is 11.9. The Morgan fingerprint density at radius 1 is 1.20 bits per heavy atom. The maximum absolute atomic E-state index is 6.36. The zero-order valence-corrected chi connectivity index (χ0v) is 12.7. The Hall–Kier alpha value is -1.71. The molecule has 4 heteroatoms. The van der Waals surface area contributed by atoms with Gasteiger partial charge in [-0.25, -0.2) is 0 Å². The molecule has 0 fully saturated rings. The van der Waals surface area contributed by atoms with E-state index in [4.69, 9.17) is 22.1 Å². The molecule has 0 amide bonds. The predicted molar refractivity (Wildman–Crippen MR) is 85.1 cm³/mol. The standard InChI is InChI=1S/C16H19ClN2O/c1-11(18)12-7-8-16(15(17)9-12)19(2)13-5-4-6-14(10-13)20-3/h4-11H,18H2,1-3H3. The molecule has 0 saturated heterocycles. The predicted octanol–water partition coefficient (Wildman–Crippen LogP) is 4.14. The van der Waals surface area contributed by atoms with Crippen LogP contribution in [0.4, 0.5) is 11.4 Å². The molecule has 1 unspecified atom stereocenters. The van der Waals surface area contributed by atoms with Crippen molar-refractivity contribution in [1.82, 2.24) is 0 Å². The molecular weight excluding hydrogens is 272 g/mol. The minimum absolute atomic E-state index is 0.0244. The molecule has 3 nitrogen and oxygen atoms in total. The van der Waals surface area contributed by atoms with Crippen LogP contribution in [0.15, 0.2) is 42.5 Å². The van der Waals surface area contributed by atoms with E-state index in [1.54, 1.807) is 7.11 Å². The molecule has 0 aliphatic rings. The van der Waals surface area contributed by atoms with Crippen LogP contribution in [0, 0.1) is 0 Å². The fourth-order valence-electron chi connectivity index (χ4n) is 2.04. The van der Waals surface area contributed by atoms with E-state index in [0.29, 0.717) is 5.02 Å². The van der Waals surface area contributed by atoms with E-state index in [-0.39, 0.29) is 6.04 Å². The zero-order chi connectivity index (χ0) is 14.7. The normalized spacial score (nSPS) is 12.1. The quantitative estimate of drug-likeness (QED) is 0.920. The summed E-state index contributed by atoms with van der Waals surface area (Å²) in [7, 11) is 3.63. The van der Waals surface area contributed by atoms with Crippen molar-refractivity contribution in [2.45, 2.75) is 13.0 Å². The summed E-state index contributed by atoms with van der Waals surface area (Å²) in [5, 5.41) is 0.685. The summed E-state index contributed by atoms with van der Waals surface area (Å²) in [5.74, 6) is 0.817. The number of anilines is 2. The van der Waals surface area contributed by atoms with E-state index >= 15 is 0 Å². The largest absolute Gasteiger partial charge is 0.497 e. The average Bonchev–Trinajstić information content (AvgIpc) is 2.46. The number of ether oxygens (including phenoxy) is 1. The lowest BCUT2D eigenvalue weighted by molar-refractivity contribution is 0.415. The summed E-state index contributed by atoms with van der Waals surface area (Å²) in [5.41, 5.74) is 8.84. The third kappa shape index (κ3) is 3.06. The second kappa shape index (κ2) is 6.16. The topological polar surface area (TPSA) is 38.5 Å². The number of hydrogen-bond acceptors (Lipinski definition) is 3. The Labute approximate surface area is 124 Å². The lowest BCUT2D eigenvalue weighted by atomic mass is 10.1. The van der Waals surface area contributed by atoms with Gasteiger partial charge in [0.25, 0.3) is 0 Å². The minimum Gasteiger partial charge on any atom is -0.497 e. The molecule has 0 saturated carbocycles. The third-order valence-corrected chi connectivity index (χ3v) is 3.60. The van der Waals surface area contributed by atoms with E-state index in [1.165, 1.54) is 0 Å². The van der Waals surface area contributed by atoms with Gasteiger partial charge in [-0.15, -0.1) is 0 Å². The molecule has 1 atom stereocenters. The van der Waals surface area contributed by atoms with Crippen molar-refractivity contribution in [2.75, 3.05) is 19.1 Å². The summed E-state index contributed by atoms with van der Waals surface area (Å²) >= 11 is 6.36. The first-order chi connectivity index (χ1) is 9.52. The van der Waals surface area contributed by atoms with Crippen LogP contribution in [0.3, 0.4) is 0 Å². The second-order valence-electron chi connectivity index (χ2n) is 4.76. The van der Waals surface area contributed by atoms with Gasteiger partial charge in [0.15, 0.2) is 0 Å². The van der Waals surface area contributed by atoms with Crippen LogP contribution in [-0.2, 0) is 0 Å². The highest BCUT2D eigenvalue weighted by Gasteiger charge is 2.11. The van der Waals surface area contributed by atoms with Gasteiger partial charge in [-0.05, 0) is 36.8 Å². The van der Waals surface area contributed by atoms with Crippen LogP contribution < -0.4 is 15.4 Å². The van der Waals surface area contributed by atoms with Crippen LogP contribution in [0.1, 0.15) is 18.5 Å². The van der Waals surface area contributed by atoms with Crippen molar-refractivity contribution in [3.8, 4) is 5.75 Å². The van der Waals surface area contributed by atoms with Crippen LogP contribution >= 0.6 is 11.6 Å². The fraction of sp³-hybridized carbons (Fsp3) is 0.250. The fourth-order valence-corrected chi connectivity index (χ4v) is 2.35. The van der Waals surface area contributed by atoms with Gasteiger partial charge in [-0.2, -0.15) is 0 Å². The number of benzene rings is 2. The molecule has 0 aromatic heterocycles. The lowest BCUT2D eigenvalue weighted by Crippen LogP contribution is -2.11. The summed E-state index contributed by atoms with van der Waals surface area (Å²) in [6.45, 7) is 1.94. The SMILES string of the molecule is COc1cccc(N(C)c2ccc(C(C)N)cc2Cl)c1. The summed E-state index contributed by atoms with van der Waals surface area (Å²) in [4.78, 5) is 2.02. The van der Waals surface area contributed by atoms with Gasteiger partial charge in [-0.1, -0.05) is 23.7 Å². The van der Waals surface area contributed by atoms with Gasteiger partial charge >= 0.3 is 0 Å². The summed E-state index contributed by atoms with van der Waals surface area (Å²) in [6, 6.07) is 13.7. The van der Waals surface area contributed by atoms with Gasteiger partial charge in [0, 0.05) is 24.8 Å². The van der Waals surface area contributed by atoms with Crippen LogP contribution in [-0.4, -0.2) is 14.2 Å². The number of nitrogens with two attached hydrogens (primary N) is 1. The summed E-state index contributed by atoms with van der Waals surface area (Å²) in [6.07, 6.45) is 0. The van der Waals surface area contributed by atoms with Crippen molar-refractivity contribution in [3.63, 3.8) is 0 Å². The number of methoxy groups -OCH3 is 1. The van der Waals surface area contributed by atoms with E-state index in [2.05, 4.69) is 0 Å². The highest BCUT2D eigenvalue weighted by molar-refractivity contribution is 6.33. The number of nitrogens with zero attached hydrogens (tertiary/aromatic N) is 1. The molecule has 2 aromatic rings. The molecule has 0 bridgehead atoms. The summed E-state index contributed by atoms with van der Waals surface area (Å²) < 4.78 is 5.25. The van der Waals surface area contributed by atoms with Crippen molar-refractivity contribution in [3.05, 3.63) is 53.1 Å². The Morgan fingerprint density at radius 2 is 1.95 bits per heavy atom. The number of hydrogen-bond donors (Lipinski definition) is 1. The Bertz CT molecular complexity index is 599. The van der Waals surface area contributed by atoms with E-state index in [1.807, 2.05) is 61.3 Å². The molecule has 0 heterocycles. The van der Waals surface area contributed by atoms with E-state index in [0.717, 1.165) is 22.7 Å². The molecule has 106 valence electrons. The van der Waals surface area contributed by atoms with Crippen molar-refractivity contribution >= 4 is 23.0 Å². The molecule has 0 aliphatic heterocycles. The molecule has 20 heavy (non-hydrogen) atoms. The number of rotatable bonds is 4. The molecule has 0 spiro atoms. The van der Waals surface area contributed by atoms with Gasteiger partial charge in [0.2, 0.25) is 0 Å². The van der Waals surface area contributed by atoms with E-state index in [9.17, 15) is 0 Å². The molecule has 0 aliphatic carbocycles. The van der Waals surface area contributed by atoms with Gasteiger partial charge in [0.1, 0.15) is 5.75 Å². The lowest BCUT2D eigenvalue weighted by Gasteiger charge is -2.22. The molecule has 2 rings (SSSR count). The van der Waals surface area contributed by atoms with Crippen LogP contribution in [0.5, 0.6) is 5.75 Å². The maximum atomic E-state index is 6.36. The maximum Gasteiger partial charge on any atom is 0.120 e. The highest BCUT2D eigenvalue weighted by Crippen LogP contribution is 2.33. The minimum atomic E-state index is -0.0244. The Morgan fingerprint density at radius 3 is 2.55 bits per heavy atom.